The number of aliphatic carboxylic acids is 1. The molecule has 0 saturated carbocycles. The van der Waals surface area contributed by atoms with Crippen molar-refractivity contribution in [3.05, 3.63) is 52.8 Å². The largest absolute Gasteiger partial charge is 0.481 e. The number of pyridine rings is 1. The fourth-order valence-electron chi connectivity index (χ4n) is 1.96. The smallest absolute Gasteiger partial charge is 0.417 e. The van der Waals surface area contributed by atoms with Crippen molar-refractivity contribution in [1.29, 1.82) is 0 Å². The quantitative estimate of drug-likeness (QED) is 0.869. The Morgan fingerprint density at radius 2 is 1.81 bits per heavy atom. The summed E-state index contributed by atoms with van der Waals surface area (Å²) in [4.78, 5) is 14.7. The minimum Gasteiger partial charge on any atom is -0.481 e. The summed E-state index contributed by atoms with van der Waals surface area (Å²) in [5, 5.41) is 8.88. The number of carbonyl (C=O) groups is 1. The first kappa shape index (κ1) is 15.3. The average Bonchev–Trinajstić information content (AvgIpc) is 2.37. The number of hydrogen-bond donors (Lipinski definition) is 1. The lowest BCUT2D eigenvalue weighted by Crippen LogP contribution is -2.09. The molecule has 0 aliphatic rings. The van der Waals surface area contributed by atoms with Crippen LogP contribution in [0.1, 0.15) is 11.3 Å². The molecule has 7 heteroatoms. The van der Waals surface area contributed by atoms with Gasteiger partial charge in [0, 0.05) is 5.56 Å². The van der Waals surface area contributed by atoms with Crippen LogP contribution in [0.15, 0.2) is 36.4 Å². The average molecular weight is 316 g/mol. The van der Waals surface area contributed by atoms with Crippen molar-refractivity contribution in [3.63, 3.8) is 0 Å². The summed E-state index contributed by atoms with van der Waals surface area (Å²) in [6.45, 7) is 0. The Morgan fingerprint density at radius 1 is 1.14 bits per heavy atom. The molecule has 0 amide bonds. The fourth-order valence-corrected chi connectivity index (χ4v) is 2.13. The minimum absolute atomic E-state index is 0.00769. The van der Waals surface area contributed by atoms with Gasteiger partial charge in [0.1, 0.15) is 5.15 Å². The standard InChI is InChI=1S/C14H9ClF3NO2/c15-12-6-5-9(11(19-12)7-13(20)21)8-3-1-2-4-10(8)14(16,17)18/h1-6H,7H2,(H,20,21). The van der Waals surface area contributed by atoms with E-state index in [2.05, 4.69) is 4.98 Å². The molecule has 0 fully saturated rings. The van der Waals surface area contributed by atoms with Crippen LogP contribution in [0.4, 0.5) is 13.2 Å². The van der Waals surface area contributed by atoms with Gasteiger partial charge in [-0.1, -0.05) is 29.8 Å². The van der Waals surface area contributed by atoms with Gasteiger partial charge in [-0.05, 0) is 23.8 Å². The molecular weight excluding hydrogens is 307 g/mol. The Labute approximate surface area is 123 Å². The van der Waals surface area contributed by atoms with Crippen LogP contribution < -0.4 is 0 Å². The van der Waals surface area contributed by atoms with E-state index in [0.29, 0.717) is 0 Å². The highest BCUT2D eigenvalue weighted by molar-refractivity contribution is 6.29. The molecule has 1 aromatic heterocycles. The Morgan fingerprint density at radius 3 is 2.43 bits per heavy atom. The highest BCUT2D eigenvalue weighted by Gasteiger charge is 2.34. The Balaban J connectivity index is 2.65. The van der Waals surface area contributed by atoms with Gasteiger partial charge >= 0.3 is 12.1 Å². The molecule has 1 heterocycles. The molecule has 0 spiro atoms. The highest BCUT2D eigenvalue weighted by Crippen LogP contribution is 2.38. The number of rotatable bonds is 3. The third-order valence-electron chi connectivity index (χ3n) is 2.78. The second-order valence-corrected chi connectivity index (χ2v) is 4.63. The van der Waals surface area contributed by atoms with Gasteiger partial charge < -0.3 is 5.11 Å². The summed E-state index contributed by atoms with van der Waals surface area (Å²) in [5.41, 5.74) is -0.868. The Hall–Kier alpha value is -2.08. The summed E-state index contributed by atoms with van der Waals surface area (Å²) in [5.74, 6) is -1.20. The van der Waals surface area contributed by atoms with E-state index in [1.54, 1.807) is 0 Å². The summed E-state index contributed by atoms with van der Waals surface area (Å²) in [7, 11) is 0. The lowest BCUT2D eigenvalue weighted by atomic mass is 9.97. The predicted molar refractivity (Wildman–Crippen MR) is 71.0 cm³/mol. The van der Waals surface area contributed by atoms with E-state index in [4.69, 9.17) is 16.7 Å². The molecule has 1 aromatic carbocycles. The first-order valence-electron chi connectivity index (χ1n) is 5.83. The second kappa shape index (κ2) is 5.73. The molecule has 0 unspecified atom stereocenters. The van der Waals surface area contributed by atoms with Crippen molar-refractivity contribution < 1.29 is 23.1 Å². The van der Waals surface area contributed by atoms with E-state index in [9.17, 15) is 18.0 Å². The Bertz CT molecular complexity index is 686. The second-order valence-electron chi connectivity index (χ2n) is 4.24. The Kier molecular flexibility index (Phi) is 4.18. The van der Waals surface area contributed by atoms with Crippen LogP contribution in [0.5, 0.6) is 0 Å². The lowest BCUT2D eigenvalue weighted by Gasteiger charge is -2.14. The zero-order valence-corrected chi connectivity index (χ0v) is 11.2. The zero-order valence-electron chi connectivity index (χ0n) is 10.5. The predicted octanol–water partition coefficient (Wildman–Crippen LogP) is 4.05. The maximum Gasteiger partial charge on any atom is 0.417 e. The number of alkyl halides is 3. The fraction of sp³-hybridized carbons (Fsp3) is 0.143. The van der Waals surface area contributed by atoms with E-state index in [-0.39, 0.29) is 22.0 Å². The van der Waals surface area contributed by atoms with Crippen molar-refractivity contribution >= 4 is 17.6 Å². The molecule has 110 valence electrons. The number of nitrogens with zero attached hydrogens (tertiary/aromatic N) is 1. The maximum absolute atomic E-state index is 13.0. The summed E-state index contributed by atoms with van der Waals surface area (Å²) in [6, 6.07) is 7.61. The van der Waals surface area contributed by atoms with Crippen molar-refractivity contribution in [2.45, 2.75) is 12.6 Å². The van der Waals surface area contributed by atoms with Crippen LogP contribution in [0.2, 0.25) is 5.15 Å². The van der Waals surface area contributed by atoms with Crippen molar-refractivity contribution in [1.82, 2.24) is 4.98 Å². The van der Waals surface area contributed by atoms with Crippen LogP contribution >= 0.6 is 11.6 Å². The van der Waals surface area contributed by atoms with Crippen LogP contribution in [-0.4, -0.2) is 16.1 Å². The van der Waals surface area contributed by atoms with Gasteiger partial charge in [0.2, 0.25) is 0 Å². The van der Waals surface area contributed by atoms with Gasteiger partial charge in [0.05, 0.1) is 17.7 Å². The molecule has 2 aromatic rings. The number of benzene rings is 1. The molecule has 21 heavy (non-hydrogen) atoms. The summed E-state index contributed by atoms with van der Waals surface area (Å²) >= 11 is 5.69. The number of halogens is 4. The molecule has 0 radical (unpaired) electrons. The van der Waals surface area contributed by atoms with Gasteiger partial charge in [0.15, 0.2) is 0 Å². The van der Waals surface area contributed by atoms with Crippen LogP contribution in [0.3, 0.4) is 0 Å². The molecule has 0 bridgehead atoms. The zero-order chi connectivity index (χ0) is 15.6. The monoisotopic (exact) mass is 315 g/mol. The molecule has 3 nitrogen and oxygen atoms in total. The number of carboxylic acids is 1. The molecule has 0 saturated heterocycles. The molecule has 0 aliphatic heterocycles. The SMILES string of the molecule is O=C(O)Cc1nc(Cl)ccc1-c1ccccc1C(F)(F)F. The molecule has 2 rings (SSSR count). The van der Waals surface area contributed by atoms with Crippen molar-refractivity contribution in [2.75, 3.05) is 0 Å². The van der Waals surface area contributed by atoms with Crippen molar-refractivity contribution in [2.24, 2.45) is 0 Å². The molecular formula is C14H9ClF3NO2. The first-order chi connectivity index (χ1) is 9.79. The van der Waals surface area contributed by atoms with E-state index in [1.807, 2.05) is 0 Å². The third kappa shape index (κ3) is 3.52. The normalized spacial score (nSPS) is 11.4. The first-order valence-corrected chi connectivity index (χ1v) is 6.20. The molecule has 0 aliphatic carbocycles. The number of hydrogen-bond acceptors (Lipinski definition) is 2. The van der Waals surface area contributed by atoms with Crippen LogP contribution in [0, 0.1) is 0 Å². The van der Waals surface area contributed by atoms with Gasteiger partial charge in [-0.2, -0.15) is 13.2 Å². The topological polar surface area (TPSA) is 50.2 Å². The van der Waals surface area contributed by atoms with E-state index in [1.165, 1.54) is 30.3 Å². The number of aromatic nitrogens is 1. The highest BCUT2D eigenvalue weighted by atomic mass is 35.5. The maximum atomic E-state index is 13.0. The van der Waals surface area contributed by atoms with E-state index >= 15 is 0 Å². The van der Waals surface area contributed by atoms with E-state index < -0.39 is 24.1 Å². The van der Waals surface area contributed by atoms with Gasteiger partial charge in [0.25, 0.3) is 0 Å². The minimum atomic E-state index is -4.54. The third-order valence-corrected chi connectivity index (χ3v) is 2.99. The van der Waals surface area contributed by atoms with Crippen LogP contribution in [-0.2, 0) is 17.4 Å². The summed E-state index contributed by atoms with van der Waals surface area (Å²) < 4.78 is 39.1. The summed E-state index contributed by atoms with van der Waals surface area (Å²) in [6.07, 6.45) is -5.06. The van der Waals surface area contributed by atoms with Gasteiger partial charge in [-0.25, -0.2) is 4.98 Å². The van der Waals surface area contributed by atoms with Gasteiger partial charge in [-0.3, -0.25) is 4.79 Å². The lowest BCUT2D eigenvalue weighted by molar-refractivity contribution is -0.137. The van der Waals surface area contributed by atoms with E-state index in [0.717, 1.165) is 6.07 Å². The molecule has 0 atom stereocenters. The van der Waals surface area contributed by atoms with Crippen LogP contribution in [0.25, 0.3) is 11.1 Å². The van der Waals surface area contributed by atoms with Gasteiger partial charge in [-0.15, -0.1) is 0 Å². The molecule has 1 N–H and O–H groups in total. The van der Waals surface area contributed by atoms with Crippen molar-refractivity contribution in [3.8, 4) is 11.1 Å². The number of carboxylic acid groups (broad SMARTS) is 1.